The van der Waals surface area contributed by atoms with Crippen molar-refractivity contribution in [3.63, 3.8) is 0 Å². The molecular weight excluding hydrogens is 484 g/mol. The molecule has 0 aliphatic carbocycles. The van der Waals surface area contributed by atoms with Gasteiger partial charge < -0.3 is 10.4 Å². The van der Waals surface area contributed by atoms with Gasteiger partial charge >= 0.3 is 5.97 Å². The fourth-order valence-electron chi connectivity index (χ4n) is 4.06. The van der Waals surface area contributed by atoms with E-state index in [0.717, 1.165) is 30.0 Å². The Morgan fingerprint density at radius 2 is 1.57 bits per heavy atom. The van der Waals surface area contributed by atoms with Crippen LogP contribution in [0.3, 0.4) is 0 Å². The lowest BCUT2D eigenvalue weighted by Crippen LogP contribution is -2.29. The molecule has 0 amide bonds. The summed E-state index contributed by atoms with van der Waals surface area (Å²) in [6.45, 7) is 4.51. The summed E-state index contributed by atoms with van der Waals surface area (Å²) in [6, 6.07) is 21.3. The Morgan fingerprint density at radius 1 is 0.971 bits per heavy atom. The summed E-state index contributed by atoms with van der Waals surface area (Å²) in [6.07, 6.45) is 2.20. The Balaban J connectivity index is 1.89. The van der Waals surface area contributed by atoms with Gasteiger partial charge in [0.1, 0.15) is 4.90 Å². The number of nitrogens with one attached hydrogen (secondary N) is 2. The number of aromatic carboxylic acids is 1. The highest BCUT2D eigenvalue weighted by molar-refractivity contribution is 7.89. The zero-order valence-electron chi connectivity index (χ0n) is 19.9. The van der Waals surface area contributed by atoms with E-state index in [2.05, 4.69) is 17.0 Å². The molecule has 0 aromatic heterocycles. The number of anilines is 1. The highest BCUT2D eigenvalue weighted by Crippen LogP contribution is 2.32. The summed E-state index contributed by atoms with van der Waals surface area (Å²) in [7, 11) is -4.09. The first-order chi connectivity index (χ1) is 16.8. The highest BCUT2D eigenvalue weighted by Gasteiger charge is 2.26. The van der Waals surface area contributed by atoms with E-state index in [1.165, 1.54) is 6.07 Å². The molecule has 3 aromatic carbocycles. The maximum atomic E-state index is 13.3. The van der Waals surface area contributed by atoms with Gasteiger partial charge in [-0.25, -0.2) is 17.9 Å². The molecule has 35 heavy (non-hydrogen) atoms. The van der Waals surface area contributed by atoms with Crippen LogP contribution >= 0.6 is 11.6 Å². The smallest absolute Gasteiger partial charge is 0.337 e. The molecule has 3 rings (SSSR count). The number of carbonyl (C=O) groups is 1. The van der Waals surface area contributed by atoms with E-state index in [9.17, 15) is 18.3 Å². The molecule has 0 radical (unpaired) electrons. The second-order valence-corrected chi connectivity index (χ2v) is 10.5. The summed E-state index contributed by atoms with van der Waals surface area (Å²) in [4.78, 5) is 11.8. The van der Waals surface area contributed by atoms with Crippen molar-refractivity contribution >= 4 is 33.3 Å². The third kappa shape index (κ3) is 6.84. The van der Waals surface area contributed by atoms with Gasteiger partial charge in [0.25, 0.3) is 0 Å². The summed E-state index contributed by atoms with van der Waals surface area (Å²) in [5, 5.41) is 13.0. The van der Waals surface area contributed by atoms with Gasteiger partial charge in [0.2, 0.25) is 10.0 Å². The predicted octanol–water partition coefficient (Wildman–Crippen LogP) is 6.46. The van der Waals surface area contributed by atoms with Gasteiger partial charge in [-0.1, -0.05) is 92.5 Å². The zero-order chi connectivity index (χ0) is 25.4. The predicted molar refractivity (Wildman–Crippen MR) is 141 cm³/mol. The monoisotopic (exact) mass is 514 g/mol. The molecule has 2 unspecified atom stereocenters. The number of hydrogen-bond acceptors (Lipinski definition) is 4. The third-order valence-corrected chi connectivity index (χ3v) is 7.91. The van der Waals surface area contributed by atoms with Crippen molar-refractivity contribution in [2.75, 3.05) is 11.9 Å². The Labute approximate surface area is 212 Å². The average Bonchev–Trinajstić information content (AvgIpc) is 2.85. The van der Waals surface area contributed by atoms with Crippen LogP contribution in [0.25, 0.3) is 0 Å². The normalized spacial score (nSPS) is 13.2. The van der Waals surface area contributed by atoms with Crippen molar-refractivity contribution in [3.8, 4) is 0 Å². The SMILES string of the molecule is CCCC(NS(=O)(=O)c1cc(C(=O)O)c(NCC(CC)c2ccccc2)cc1Cl)c1ccccc1. The Hall–Kier alpha value is -2.87. The second-order valence-electron chi connectivity index (χ2n) is 8.40. The van der Waals surface area contributed by atoms with Gasteiger partial charge in [0.05, 0.1) is 16.3 Å². The standard InChI is InChI=1S/C27H31ClN2O4S/c1-3-11-24(21-14-9-6-10-15-21)30-35(33,34)26-16-22(27(31)32)25(17-23(26)28)29-18-19(4-2)20-12-7-5-8-13-20/h5-10,12-17,19,24,29-30H,3-4,11,18H2,1-2H3,(H,31,32). The van der Waals surface area contributed by atoms with Crippen LogP contribution in [-0.2, 0) is 10.0 Å². The van der Waals surface area contributed by atoms with Crippen molar-refractivity contribution in [2.24, 2.45) is 0 Å². The summed E-state index contributed by atoms with van der Waals surface area (Å²) in [5.41, 5.74) is 2.10. The van der Waals surface area contributed by atoms with Crippen LogP contribution in [0.1, 0.15) is 66.6 Å². The Kier molecular flexibility index (Phi) is 9.32. The molecule has 3 aromatic rings. The molecule has 0 fully saturated rings. The van der Waals surface area contributed by atoms with E-state index < -0.39 is 22.0 Å². The van der Waals surface area contributed by atoms with Gasteiger partial charge in [0.15, 0.2) is 0 Å². The Bertz CT molecular complexity index is 1230. The lowest BCUT2D eigenvalue weighted by atomic mass is 9.96. The maximum absolute atomic E-state index is 13.3. The summed E-state index contributed by atoms with van der Waals surface area (Å²) >= 11 is 6.41. The molecule has 0 saturated heterocycles. The topological polar surface area (TPSA) is 95.5 Å². The van der Waals surface area contributed by atoms with E-state index in [-0.39, 0.29) is 27.1 Å². The number of halogens is 1. The fourth-order valence-corrected chi connectivity index (χ4v) is 5.87. The molecule has 0 bridgehead atoms. The minimum absolute atomic E-state index is 0.0407. The van der Waals surface area contributed by atoms with Gasteiger partial charge in [0, 0.05) is 18.5 Å². The first-order valence-electron chi connectivity index (χ1n) is 11.7. The molecule has 0 saturated carbocycles. The van der Waals surface area contributed by atoms with Crippen LogP contribution in [0.15, 0.2) is 77.7 Å². The molecule has 3 N–H and O–H groups in total. The first kappa shape index (κ1) is 26.7. The van der Waals surface area contributed by atoms with E-state index >= 15 is 0 Å². The number of sulfonamides is 1. The summed E-state index contributed by atoms with van der Waals surface area (Å²) < 4.78 is 29.3. The number of benzene rings is 3. The quantitative estimate of drug-likeness (QED) is 0.257. The minimum Gasteiger partial charge on any atom is -0.478 e. The molecule has 6 nitrogen and oxygen atoms in total. The molecule has 2 atom stereocenters. The molecular formula is C27H31ClN2O4S. The maximum Gasteiger partial charge on any atom is 0.337 e. The van der Waals surface area contributed by atoms with E-state index in [4.69, 9.17) is 11.6 Å². The van der Waals surface area contributed by atoms with Crippen LogP contribution < -0.4 is 10.0 Å². The second kappa shape index (κ2) is 12.2. The van der Waals surface area contributed by atoms with E-state index in [0.29, 0.717) is 13.0 Å². The zero-order valence-corrected chi connectivity index (χ0v) is 21.4. The first-order valence-corrected chi connectivity index (χ1v) is 13.6. The van der Waals surface area contributed by atoms with Crippen molar-refractivity contribution < 1.29 is 18.3 Å². The van der Waals surface area contributed by atoms with Crippen LogP contribution in [0.5, 0.6) is 0 Å². The number of hydrogen-bond donors (Lipinski definition) is 3. The molecule has 0 aliphatic heterocycles. The largest absolute Gasteiger partial charge is 0.478 e. The van der Waals surface area contributed by atoms with Crippen molar-refractivity contribution in [1.82, 2.24) is 4.72 Å². The molecule has 0 spiro atoms. The van der Waals surface area contributed by atoms with Crippen LogP contribution in [-0.4, -0.2) is 26.0 Å². The van der Waals surface area contributed by atoms with E-state index in [1.54, 1.807) is 0 Å². The lowest BCUT2D eigenvalue weighted by Gasteiger charge is -2.21. The minimum atomic E-state index is -4.09. The molecule has 0 heterocycles. The lowest BCUT2D eigenvalue weighted by molar-refractivity contribution is 0.0697. The van der Waals surface area contributed by atoms with Gasteiger partial charge in [-0.2, -0.15) is 0 Å². The molecule has 0 aliphatic rings. The van der Waals surface area contributed by atoms with Crippen molar-refractivity contribution in [1.29, 1.82) is 0 Å². The van der Waals surface area contributed by atoms with Crippen LogP contribution in [0.2, 0.25) is 5.02 Å². The Morgan fingerprint density at radius 3 is 2.11 bits per heavy atom. The molecule has 186 valence electrons. The van der Waals surface area contributed by atoms with Crippen LogP contribution in [0.4, 0.5) is 5.69 Å². The summed E-state index contributed by atoms with van der Waals surface area (Å²) in [5.74, 6) is -1.08. The highest BCUT2D eigenvalue weighted by atomic mass is 35.5. The number of carboxylic acid groups (broad SMARTS) is 1. The van der Waals surface area contributed by atoms with Crippen LogP contribution in [0, 0.1) is 0 Å². The van der Waals surface area contributed by atoms with E-state index in [1.807, 2.05) is 67.6 Å². The molecule has 8 heteroatoms. The van der Waals surface area contributed by atoms with Gasteiger partial charge in [-0.05, 0) is 36.1 Å². The van der Waals surface area contributed by atoms with Crippen molar-refractivity contribution in [3.05, 3.63) is 94.5 Å². The fraction of sp³-hybridized carbons (Fsp3) is 0.296. The third-order valence-electron chi connectivity index (χ3n) is 5.97. The number of rotatable bonds is 12. The van der Waals surface area contributed by atoms with Gasteiger partial charge in [-0.3, -0.25) is 0 Å². The van der Waals surface area contributed by atoms with Crippen molar-refractivity contribution in [2.45, 2.75) is 50.0 Å². The number of carboxylic acids is 1. The van der Waals surface area contributed by atoms with Gasteiger partial charge in [-0.15, -0.1) is 0 Å². The average molecular weight is 515 g/mol.